The van der Waals surface area contributed by atoms with Crippen molar-refractivity contribution < 1.29 is 23.2 Å². The van der Waals surface area contributed by atoms with E-state index in [0.29, 0.717) is 28.7 Å². The third-order valence-corrected chi connectivity index (χ3v) is 6.63. The summed E-state index contributed by atoms with van der Waals surface area (Å²) in [6, 6.07) is 13.1. The third-order valence-electron chi connectivity index (χ3n) is 6.04. The molecule has 4 aromatic rings. The number of fused-ring (bicyclic) bond motifs is 1. The van der Waals surface area contributed by atoms with Crippen LogP contribution in [0.4, 0.5) is 4.39 Å². The topological polar surface area (TPSA) is 111 Å². The number of carbonyl (C=O) groups is 2. The number of methoxy groups -OCH3 is 1. The van der Waals surface area contributed by atoms with Gasteiger partial charge in [-0.1, -0.05) is 24.3 Å². The quantitative estimate of drug-likeness (QED) is 0.365. The highest BCUT2D eigenvalue weighted by Gasteiger charge is 2.52. The van der Waals surface area contributed by atoms with Gasteiger partial charge in [-0.05, 0) is 59.1 Å². The van der Waals surface area contributed by atoms with Gasteiger partial charge in [-0.3, -0.25) is 9.59 Å². The number of nitrogens with one attached hydrogen (secondary N) is 2. The summed E-state index contributed by atoms with van der Waals surface area (Å²) in [4.78, 5) is 25.4. The Bertz CT molecular complexity index is 1440. The Morgan fingerprint density at radius 2 is 2.00 bits per heavy atom. The minimum atomic E-state index is -1.07. The first-order valence-electron chi connectivity index (χ1n) is 10.9. The Morgan fingerprint density at radius 3 is 2.69 bits per heavy atom. The van der Waals surface area contributed by atoms with Crippen molar-refractivity contribution in [3.05, 3.63) is 70.3 Å². The van der Waals surface area contributed by atoms with E-state index < -0.39 is 29.2 Å². The van der Waals surface area contributed by atoms with E-state index in [1.54, 1.807) is 23.7 Å². The minimum absolute atomic E-state index is 0.0617. The predicted molar refractivity (Wildman–Crippen MR) is 128 cm³/mol. The molecule has 0 spiro atoms. The van der Waals surface area contributed by atoms with Gasteiger partial charge in [0, 0.05) is 10.9 Å². The Balaban J connectivity index is 1.30. The molecule has 5 rings (SSSR count). The second-order valence-corrected chi connectivity index (χ2v) is 9.14. The standard InChI is InChI=1S/C24H21BrFN5O4/c1-13(27-23(33)24(9-10-24)28-22(32)19-12-20(34-2)30-35-19)15-8-7-14(11-17(15)26)31-18-6-4-3-5-16(18)21(25)29-31/h3-8,11-13H,9-10H2,1-2H3,(H,27,33)(H,28,32)/t13-/m1/s1. The second-order valence-electron chi connectivity index (χ2n) is 8.39. The van der Waals surface area contributed by atoms with E-state index in [4.69, 9.17) is 9.26 Å². The number of para-hydroxylation sites is 1. The molecular weight excluding hydrogens is 521 g/mol. The fourth-order valence-electron chi connectivity index (χ4n) is 3.91. The summed E-state index contributed by atoms with van der Waals surface area (Å²) < 4.78 is 27.3. The van der Waals surface area contributed by atoms with Crippen molar-refractivity contribution in [2.75, 3.05) is 7.11 Å². The molecule has 0 saturated heterocycles. The van der Waals surface area contributed by atoms with Crippen molar-refractivity contribution in [1.29, 1.82) is 0 Å². The van der Waals surface area contributed by atoms with Gasteiger partial charge in [0.05, 0.1) is 30.4 Å². The number of benzene rings is 2. The van der Waals surface area contributed by atoms with Crippen LogP contribution in [0.3, 0.4) is 0 Å². The molecule has 0 aliphatic heterocycles. The first kappa shape index (κ1) is 23.0. The van der Waals surface area contributed by atoms with Crippen LogP contribution in [-0.2, 0) is 4.79 Å². The molecule has 2 N–H and O–H groups in total. The van der Waals surface area contributed by atoms with Crippen LogP contribution < -0.4 is 15.4 Å². The molecule has 0 unspecified atom stereocenters. The second kappa shape index (κ2) is 8.81. The van der Waals surface area contributed by atoms with Gasteiger partial charge in [-0.2, -0.15) is 5.10 Å². The molecule has 1 fully saturated rings. The Morgan fingerprint density at radius 1 is 1.23 bits per heavy atom. The number of ether oxygens (including phenoxy) is 1. The monoisotopic (exact) mass is 541 g/mol. The van der Waals surface area contributed by atoms with Crippen LogP contribution in [-0.4, -0.2) is 39.4 Å². The molecule has 1 aliphatic carbocycles. The highest BCUT2D eigenvalue weighted by atomic mass is 79.9. The van der Waals surface area contributed by atoms with E-state index in [9.17, 15) is 9.59 Å². The number of carbonyl (C=O) groups excluding carboxylic acids is 2. The van der Waals surface area contributed by atoms with Crippen molar-refractivity contribution in [3.8, 4) is 11.6 Å². The summed E-state index contributed by atoms with van der Waals surface area (Å²) in [5.41, 5.74) is 0.644. The van der Waals surface area contributed by atoms with E-state index in [0.717, 1.165) is 10.9 Å². The molecule has 1 saturated carbocycles. The lowest BCUT2D eigenvalue weighted by Crippen LogP contribution is -2.49. The van der Waals surface area contributed by atoms with E-state index in [1.165, 1.54) is 19.2 Å². The maximum atomic E-state index is 15.1. The molecule has 11 heteroatoms. The minimum Gasteiger partial charge on any atom is -0.479 e. The maximum absolute atomic E-state index is 15.1. The highest BCUT2D eigenvalue weighted by molar-refractivity contribution is 9.10. The third kappa shape index (κ3) is 4.27. The Labute approximate surface area is 207 Å². The van der Waals surface area contributed by atoms with Crippen molar-refractivity contribution in [2.45, 2.75) is 31.3 Å². The molecular formula is C24H21BrFN5O4. The van der Waals surface area contributed by atoms with E-state index in [-0.39, 0.29) is 11.6 Å². The zero-order chi connectivity index (χ0) is 24.7. The Hall–Kier alpha value is -3.73. The van der Waals surface area contributed by atoms with E-state index in [2.05, 4.69) is 36.8 Å². The van der Waals surface area contributed by atoms with Gasteiger partial charge in [0.25, 0.3) is 11.8 Å². The van der Waals surface area contributed by atoms with Crippen LogP contribution in [0.25, 0.3) is 16.6 Å². The van der Waals surface area contributed by atoms with Gasteiger partial charge < -0.3 is 19.9 Å². The molecule has 2 aromatic carbocycles. The van der Waals surface area contributed by atoms with Gasteiger partial charge in [-0.15, -0.1) is 0 Å². The molecule has 2 aromatic heterocycles. The normalized spacial score (nSPS) is 15.0. The molecule has 1 aliphatic rings. The number of hydrogen-bond donors (Lipinski definition) is 2. The van der Waals surface area contributed by atoms with Crippen molar-refractivity contribution in [2.24, 2.45) is 0 Å². The fourth-order valence-corrected chi connectivity index (χ4v) is 4.41. The number of hydrogen-bond acceptors (Lipinski definition) is 6. The Kier molecular flexibility index (Phi) is 5.79. The molecule has 0 radical (unpaired) electrons. The number of aromatic nitrogens is 3. The smallest absolute Gasteiger partial charge is 0.290 e. The van der Waals surface area contributed by atoms with Crippen LogP contribution in [0.15, 0.2) is 57.7 Å². The van der Waals surface area contributed by atoms with Gasteiger partial charge in [0.2, 0.25) is 11.7 Å². The first-order valence-corrected chi connectivity index (χ1v) is 11.7. The zero-order valence-corrected chi connectivity index (χ0v) is 20.4. The number of rotatable bonds is 7. The molecule has 35 heavy (non-hydrogen) atoms. The van der Waals surface area contributed by atoms with E-state index in [1.807, 2.05) is 24.3 Å². The van der Waals surface area contributed by atoms with Crippen LogP contribution in [0, 0.1) is 5.82 Å². The van der Waals surface area contributed by atoms with Crippen molar-refractivity contribution in [1.82, 2.24) is 25.6 Å². The SMILES string of the molecule is COc1cc(C(=O)NC2(C(=O)N[C@H](C)c3ccc(-n4nc(Br)c5ccccc54)cc3F)CC2)on1. The number of halogens is 2. The van der Waals surface area contributed by atoms with Crippen LogP contribution in [0.1, 0.15) is 41.9 Å². The summed E-state index contributed by atoms with van der Waals surface area (Å²) >= 11 is 3.44. The lowest BCUT2D eigenvalue weighted by molar-refractivity contribution is -0.124. The van der Waals surface area contributed by atoms with Crippen molar-refractivity contribution >= 4 is 38.6 Å². The highest BCUT2D eigenvalue weighted by Crippen LogP contribution is 2.37. The number of nitrogens with zero attached hydrogens (tertiary/aromatic N) is 3. The molecule has 2 amide bonds. The molecule has 1 atom stereocenters. The van der Waals surface area contributed by atoms with Gasteiger partial charge in [-0.25, -0.2) is 9.07 Å². The number of amides is 2. The first-order chi connectivity index (χ1) is 16.8. The summed E-state index contributed by atoms with van der Waals surface area (Å²) in [7, 11) is 1.40. The molecule has 180 valence electrons. The molecule has 2 heterocycles. The van der Waals surface area contributed by atoms with Gasteiger partial charge in [0.15, 0.2) is 0 Å². The predicted octanol–water partition coefficient (Wildman–Crippen LogP) is 4.06. The van der Waals surface area contributed by atoms with Crippen LogP contribution >= 0.6 is 15.9 Å². The van der Waals surface area contributed by atoms with Crippen LogP contribution in [0.2, 0.25) is 0 Å². The summed E-state index contributed by atoms with van der Waals surface area (Å²) in [5, 5.41) is 14.5. The lowest BCUT2D eigenvalue weighted by Gasteiger charge is -2.21. The average molecular weight is 542 g/mol. The summed E-state index contributed by atoms with van der Waals surface area (Å²) in [6.45, 7) is 1.69. The lowest BCUT2D eigenvalue weighted by atomic mass is 10.1. The van der Waals surface area contributed by atoms with Crippen LogP contribution in [0.5, 0.6) is 5.88 Å². The van der Waals surface area contributed by atoms with E-state index >= 15 is 4.39 Å². The summed E-state index contributed by atoms with van der Waals surface area (Å²) in [5.74, 6) is -1.35. The van der Waals surface area contributed by atoms with Gasteiger partial charge in [0.1, 0.15) is 16.0 Å². The van der Waals surface area contributed by atoms with Gasteiger partial charge >= 0.3 is 0 Å². The summed E-state index contributed by atoms with van der Waals surface area (Å²) in [6.07, 6.45) is 0.927. The molecule has 0 bridgehead atoms. The zero-order valence-electron chi connectivity index (χ0n) is 18.8. The largest absolute Gasteiger partial charge is 0.479 e. The average Bonchev–Trinajstić information content (AvgIpc) is 3.33. The molecule has 9 nitrogen and oxygen atoms in total. The maximum Gasteiger partial charge on any atom is 0.290 e. The fraction of sp³-hybridized carbons (Fsp3) is 0.250. The van der Waals surface area contributed by atoms with Crippen molar-refractivity contribution in [3.63, 3.8) is 0 Å².